The zero-order valence-electron chi connectivity index (χ0n) is 15.5. The SMILES string of the molecule is Cc1cc2nc(-c3ccc(OCc4c(Cl)cccc4Cl)cc3)cc(C(F)(F)F)n2n1. The minimum atomic E-state index is -4.56. The molecule has 2 aromatic heterocycles. The van der Waals surface area contributed by atoms with Crippen molar-refractivity contribution in [3.63, 3.8) is 0 Å². The second kappa shape index (κ2) is 7.81. The molecule has 0 unspecified atom stereocenters. The van der Waals surface area contributed by atoms with Gasteiger partial charge in [0.2, 0.25) is 0 Å². The summed E-state index contributed by atoms with van der Waals surface area (Å²) in [6.45, 7) is 1.78. The van der Waals surface area contributed by atoms with Gasteiger partial charge in [0.15, 0.2) is 11.3 Å². The Morgan fingerprint density at radius 3 is 2.30 bits per heavy atom. The van der Waals surface area contributed by atoms with Crippen LogP contribution in [0, 0.1) is 6.92 Å². The highest BCUT2D eigenvalue weighted by Gasteiger charge is 2.35. The molecule has 0 N–H and O–H groups in total. The molecule has 4 rings (SSSR count). The maximum atomic E-state index is 13.5. The molecule has 9 heteroatoms. The van der Waals surface area contributed by atoms with E-state index in [1.165, 1.54) is 6.07 Å². The number of nitrogens with zero attached hydrogens (tertiary/aromatic N) is 3. The quantitative estimate of drug-likeness (QED) is 0.350. The van der Waals surface area contributed by atoms with Gasteiger partial charge in [-0.1, -0.05) is 29.3 Å². The van der Waals surface area contributed by atoms with E-state index in [2.05, 4.69) is 10.1 Å². The Hall–Kier alpha value is -2.77. The molecule has 0 spiro atoms. The molecule has 4 nitrogen and oxygen atoms in total. The largest absolute Gasteiger partial charge is 0.489 e. The van der Waals surface area contributed by atoms with E-state index < -0.39 is 11.9 Å². The first-order chi connectivity index (χ1) is 14.2. The molecule has 0 atom stereocenters. The third-order valence-corrected chi connectivity index (χ3v) is 5.14. The number of rotatable bonds is 4. The summed E-state index contributed by atoms with van der Waals surface area (Å²) in [6, 6.07) is 14.3. The number of hydrogen-bond donors (Lipinski definition) is 0. The van der Waals surface area contributed by atoms with E-state index in [4.69, 9.17) is 27.9 Å². The molecule has 0 aliphatic heterocycles. The normalized spacial score (nSPS) is 11.8. The first kappa shape index (κ1) is 20.5. The van der Waals surface area contributed by atoms with Crippen LogP contribution in [-0.2, 0) is 12.8 Å². The fraction of sp³-hybridized carbons (Fsp3) is 0.143. The third kappa shape index (κ3) is 4.08. The number of aryl methyl sites for hydroxylation is 1. The van der Waals surface area contributed by atoms with Crippen LogP contribution >= 0.6 is 23.2 Å². The van der Waals surface area contributed by atoms with Crippen LogP contribution in [-0.4, -0.2) is 14.6 Å². The summed E-state index contributed by atoms with van der Waals surface area (Å²) >= 11 is 12.3. The van der Waals surface area contributed by atoms with Gasteiger partial charge in [0.05, 0.1) is 11.4 Å². The smallest absolute Gasteiger partial charge is 0.433 e. The van der Waals surface area contributed by atoms with Crippen molar-refractivity contribution in [3.8, 4) is 17.0 Å². The summed E-state index contributed by atoms with van der Waals surface area (Å²) < 4.78 is 47.0. The van der Waals surface area contributed by atoms with Crippen molar-refractivity contribution in [2.75, 3.05) is 0 Å². The van der Waals surface area contributed by atoms with E-state index in [0.717, 1.165) is 10.6 Å². The Bertz CT molecular complexity index is 1200. The number of halogens is 5. The lowest BCUT2D eigenvalue weighted by molar-refractivity contribution is -0.142. The van der Waals surface area contributed by atoms with E-state index in [1.807, 2.05) is 0 Å². The maximum Gasteiger partial charge on any atom is 0.433 e. The van der Waals surface area contributed by atoms with Gasteiger partial charge in [-0.05, 0) is 49.4 Å². The molecular weight excluding hydrogens is 438 g/mol. The van der Waals surface area contributed by atoms with E-state index in [0.29, 0.717) is 32.6 Å². The van der Waals surface area contributed by atoms with Crippen molar-refractivity contribution >= 4 is 28.8 Å². The first-order valence-corrected chi connectivity index (χ1v) is 9.59. The van der Waals surface area contributed by atoms with Crippen LogP contribution < -0.4 is 4.74 Å². The second-order valence-electron chi connectivity index (χ2n) is 6.59. The van der Waals surface area contributed by atoms with Gasteiger partial charge < -0.3 is 4.74 Å². The minimum Gasteiger partial charge on any atom is -0.489 e. The summed E-state index contributed by atoms with van der Waals surface area (Å²) in [6.07, 6.45) is -4.56. The van der Waals surface area contributed by atoms with Crippen molar-refractivity contribution in [1.82, 2.24) is 14.6 Å². The molecule has 2 aromatic carbocycles. The Morgan fingerprint density at radius 2 is 1.67 bits per heavy atom. The van der Waals surface area contributed by atoms with E-state index in [-0.39, 0.29) is 17.9 Å². The average molecular weight is 452 g/mol. The molecule has 0 aliphatic carbocycles. The van der Waals surface area contributed by atoms with Crippen LogP contribution in [0.5, 0.6) is 5.75 Å². The lowest BCUT2D eigenvalue weighted by Crippen LogP contribution is -2.13. The number of fused-ring (bicyclic) bond motifs is 1. The predicted octanol–water partition coefficient (Wildman–Crippen LogP) is 6.61. The van der Waals surface area contributed by atoms with Gasteiger partial charge >= 0.3 is 6.18 Å². The Morgan fingerprint density at radius 1 is 1.00 bits per heavy atom. The lowest BCUT2D eigenvalue weighted by atomic mass is 10.1. The number of alkyl halides is 3. The fourth-order valence-electron chi connectivity index (χ4n) is 2.99. The lowest BCUT2D eigenvalue weighted by Gasteiger charge is -2.12. The predicted molar refractivity (Wildman–Crippen MR) is 109 cm³/mol. The Kier molecular flexibility index (Phi) is 5.34. The molecule has 0 radical (unpaired) electrons. The number of ether oxygens (including phenoxy) is 1. The molecule has 0 fully saturated rings. The standard InChI is InChI=1S/C21H14Cl2F3N3O/c1-12-9-20-27-18(10-19(21(24,25)26)29(20)28-12)13-5-7-14(8-6-13)30-11-15-16(22)3-2-4-17(15)23/h2-10H,11H2,1H3. The summed E-state index contributed by atoms with van der Waals surface area (Å²) in [5.41, 5.74) is 1.06. The highest BCUT2D eigenvalue weighted by Crippen LogP contribution is 2.33. The van der Waals surface area contributed by atoms with Gasteiger partial charge in [-0.15, -0.1) is 0 Å². The van der Waals surface area contributed by atoms with Crippen LogP contribution in [0.4, 0.5) is 13.2 Å². The van der Waals surface area contributed by atoms with Crippen molar-refractivity contribution in [3.05, 3.63) is 81.6 Å². The number of hydrogen-bond acceptors (Lipinski definition) is 3. The number of benzene rings is 2. The molecule has 0 saturated heterocycles. The van der Waals surface area contributed by atoms with Crippen LogP contribution in [0.25, 0.3) is 16.9 Å². The minimum absolute atomic E-state index is 0.131. The van der Waals surface area contributed by atoms with Crippen molar-refractivity contribution in [2.45, 2.75) is 19.7 Å². The van der Waals surface area contributed by atoms with Crippen LogP contribution in [0.1, 0.15) is 17.0 Å². The summed E-state index contributed by atoms with van der Waals surface area (Å²) in [7, 11) is 0. The van der Waals surface area contributed by atoms with Crippen LogP contribution in [0.3, 0.4) is 0 Å². The van der Waals surface area contributed by atoms with Gasteiger partial charge in [-0.25, -0.2) is 9.50 Å². The fourth-order valence-corrected chi connectivity index (χ4v) is 3.49. The second-order valence-corrected chi connectivity index (χ2v) is 7.41. The Labute approximate surface area is 179 Å². The van der Waals surface area contributed by atoms with Crippen molar-refractivity contribution < 1.29 is 17.9 Å². The first-order valence-electron chi connectivity index (χ1n) is 8.83. The van der Waals surface area contributed by atoms with Crippen LogP contribution in [0.2, 0.25) is 10.0 Å². The van der Waals surface area contributed by atoms with Crippen molar-refractivity contribution in [1.29, 1.82) is 0 Å². The van der Waals surface area contributed by atoms with Gasteiger partial charge in [-0.2, -0.15) is 18.3 Å². The molecule has 4 aromatic rings. The topological polar surface area (TPSA) is 39.4 Å². The molecule has 0 aliphatic rings. The highest BCUT2D eigenvalue weighted by molar-refractivity contribution is 6.35. The zero-order valence-corrected chi connectivity index (χ0v) is 17.1. The molecule has 0 saturated carbocycles. The Balaban J connectivity index is 1.62. The zero-order chi connectivity index (χ0) is 21.5. The summed E-state index contributed by atoms with van der Waals surface area (Å²) in [4.78, 5) is 4.31. The van der Waals surface area contributed by atoms with Gasteiger partial charge in [0.25, 0.3) is 0 Å². The summed E-state index contributed by atoms with van der Waals surface area (Å²) in [5.74, 6) is 0.520. The monoisotopic (exact) mass is 451 g/mol. The average Bonchev–Trinajstić information content (AvgIpc) is 3.06. The molecular formula is C21H14Cl2F3N3O. The molecule has 30 heavy (non-hydrogen) atoms. The molecule has 0 amide bonds. The highest BCUT2D eigenvalue weighted by atomic mass is 35.5. The molecule has 2 heterocycles. The van der Waals surface area contributed by atoms with Gasteiger partial charge in [0, 0.05) is 27.2 Å². The maximum absolute atomic E-state index is 13.5. The van der Waals surface area contributed by atoms with E-state index in [9.17, 15) is 13.2 Å². The number of aromatic nitrogens is 3. The van der Waals surface area contributed by atoms with E-state index in [1.54, 1.807) is 49.4 Å². The molecule has 0 bridgehead atoms. The van der Waals surface area contributed by atoms with Gasteiger partial charge in [0.1, 0.15) is 12.4 Å². The third-order valence-electron chi connectivity index (χ3n) is 4.43. The summed E-state index contributed by atoms with van der Waals surface area (Å²) in [5, 5.41) is 4.87. The van der Waals surface area contributed by atoms with Gasteiger partial charge in [-0.3, -0.25) is 0 Å². The van der Waals surface area contributed by atoms with E-state index >= 15 is 0 Å². The molecule has 154 valence electrons. The van der Waals surface area contributed by atoms with Crippen molar-refractivity contribution in [2.24, 2.45) is 0 Å². The van der Waals surface area contributed by atoms with Crippen LogP contribution in [0.15, 0.2) is 54.6 Å².